The molecule has 0 bridgehead atoms. The second-order valence-electron chi connectivity index (χ2n) is 5.96. The van der Waals surface area contributed by atoms with Crippen molar-refractivity contribution in [3.05, 3.63) is 63.9 Å². The van der Waals surface area contributed by atoms with E-state index in [9.17, 15) is 17.6 Å². The number of aromatic nitrogens is 2. The largest absolute Gasteiger partial charge is 0.296 e. The summed E-state index contributed by atoms with van der Waals surface area (Å²) in [5, 5.41) is 11.8. The van der Waals surface area contributed by atoms with E-state index in [1.54, 1.807) is 0 Å². The number of carbonyl (C=O) groups excluding carboxylic acids is 1. The van der Waals surface area contributed by atoms with Crippen LogP contribution in [0.5, 0.6) is 0 Å². The van der Waals surface area contributed by atoms with E-state index in [2.05, 4.69) is 20.2 Å². The number of amides is 1. The minimum absolute atomic E-state index is 0.0209. The number of aryl methyl sites for hydroxylation is 1. The van der Waals surface area contributed by atoms with Crippen molar-refractivity contribution in [2.45, 2.75) is 24.7 Å². The van der Waals surface area contributed by atoms with Gasteiger partial charge in [-0.05, 0) is 48.9 Å². The zero-order valence-corrected chi connectivity index (χ0v) is 17.5. The lowest BCUT2D eigenvalue weighted by Gasteiger charge is -2.11. The van der Waals surface area contributed by atoms with Gasteiger partial charge in [0.15, 0.2) is 0 Å². The van der Waals surface area contributed by atoms with E-state index >= 15 is 0 Å². The Bertz CT molecular complexity index is 1130. The molecule has 7 nitrogen and oxygen atoms in total. The van der Waals surface area contributed by atoms with Crippen molar-refractivity contribution in [3.8, 4) is 0 Å². The lowest BCUT2D eigenvalue weighted by atomic mass is 10.2. The summed E-state index contributed by atoms with van der Waals surface area (Å²) in [6, 6.07) is 8.51. The van der Waals surface area contributed by atoms with Crippen LogP contribution in [0, 0.1) is 5.82 Å². The van der Waals surface area contributed by atoms with Crippen LogP contribution in [0.3, 0.4) is 0 Å². The normalized spacial score (nSPS) is 11.3. The molecule has 0 radical (unpaired) electrons. The number of hydrogen-bond acceptors (Lipinski definition) is 6. The van der Waals surface area contributed by atoms with Crippen LogP contribution in [-0.4, -0.2) is 24.5 Å². The van der Waals surface area contributed by atoms with Gasteiger partial charge in [0.2, 0.25) is 5.13 Å². The first-order valence-electron chi connectivity index (χ1n) is 8.50. The first kappa shape index (κ1) is 21.2. The Morgan fingerprint density at radius 3 is 2.59 bits per heavy atom. The minimum atomic E-state index is -4.01. The van der Waals surface area contributed by atoms with E-state index in [0.29, 0.717) is 5.13 Å². The Labute approximate surface area is 176 Å². The average molecular weight is 455 g/mol. The summed E-state index contributed by atoms with van der Waals surface area (Å²) in [5.41, 5.74) is 0.200. The summed E-state index contributed by atoms with van der Waals surface area (Å²) >= 11 is 7.35. The molecule has 0 aliphatic heterocycles. The molecule has 0 spiro atoms. The summed E-state index contributed by atoms with van der Waals surface area (Å²) in [6.45, 7) is 2.02. The molecule has 0 fully saturated rings. The number of nitrogens with one attached hydrogen (secondary N) is 2. The molecule has 2 N–H and O–H groups in total. The van der Waals surface area contributed by atoms with Gasteiger partial charge >= 0.3 is 0 Å². The minimum Gasteiger partial charge on any atom is -0.296 e. The zero-order valence-electron chi connectivity index (χ0n) is 15.1. The van der Waals surface area contributed by atoms with Gasteiger partial charge in [-0.1, -0.05) is 29.9 Å². The first-order chi connectivity index (χ1) is 13.8. The Balaban J connectivity index is 1.79. The number of anilines is 2. The first-order valence-corrected chi connectivity index (χ1v) is 11.2. The Hall–Kier alpha value is -2.56. The summed E-state index contributed by atoms with van der Waals surface area (Å²) in [4.78, 5) is 12.3. The molecule has 1 heterocycles. The van der Waals surface area contributed by atoms with Gasteiger partial charge in [0, 0.05) is 12.0 Å². The van der Waals surface area contributed by atoms with Gasteiger partial charge in [0.05, 0.1) is 15.6 Å². The van der Waals surface area contributed by atoms with Crippen LogP contribution in [-0.2, 0) is 16.4 Å². The molecule has 0 atom stereocenters. The molecule has 0 aliphatic rings. The number of sulfonamides is 1. The number of benzene rings is 2. The maximum atomic E-state index is 13.0. The number of halogens is 2. The molecule has 3 rings (SSSR count). The molecule has 0 aliphatic carbocycles. The Morgan fingerprint density at radius 1 is 1.17 bits per heavy atom. The van der Waals surface area contributed by atoms with Crippen LogP contribution in [0.15, 0.2) is 47.4 Å². The van der Waals surface area contributed by atoms with Gasteiger partial charge in [0.25, 0.3) is 15.9 Å². The third-order valence-electron chi connectivity index (χ3n) is 3.75. The number of hydrogen-bond donors (Lipinski definition) is 2. The molecule has 11 heteroatoms. The van der Waals surface area contributed by atoms with Crippen molar-refractivity contribution in [1.29, 1.82) is 0 Å². The molecule has 0 saturated carbocycles. The van der Waals surface area contributed by atoms with Crippen LogP contribution in [0.2, 0.25) is 5.02 Å². The van der Waals surface area contributed by atoms with Crippen molar-refractivity contribution >= 4 is 49.7 Å². The quantitative estimate of drug-likeness (QED) is 0.553. The molecule has 0 saturated heterocycles. The molecule has 0 unspecified atom stereocenters. The fourth-order valence-electron chi connectivity index (χ4n) is 2.35. The van der Waals surface area contributed by atoms with E-state index in [4.69, 9.17) is 11.6 Å². The smallest absolute Gasteiger partial charge is 0.261 e. The molecular weight excluding hydrogens is 439 g/mol. The molecule has 1 aromatic heterocycles. The highest BCUT2D eigenvalue weighted by Crippen LogP contribution is 2.27. The van der Waals surface area contributed by atoms with Crippen LogP contribution in [0.25, 0.3) is 0 Å². The van der Waals surface area contributed by atoms with Crippen molar-refractivity contribution in [2.24, 2.45) is 0 Å². The molecule has 3 aromatic rings. The van der Waals surface area contributed by atoms with Crippen molar-refractivity contribution in [2.75, 3.05) is 10.0 Å². The monoisotopic (exact) mass is 454 g/mol. The zero-order chi connectivity index (χ0) is 21.0. The van der Waals surface area contributed by atoms with Gasteiger partial charge in [-0.25, -0.2) is 12.8 Å². The van der Waals surface area contributed by atoms with Crippen molar-refractivity contribution < 1.29 is 17.6 Å². The maximum absolute atomic E-state index is 13.0. The van der Waals surface area contributed by atoms with Gasteiger partial charge in [-0.3, -0.25) is 14.8 Å². The Kier molecular flexibility index (Phi) is 6.46. The molecule has 1 amide bonds. The summed E-state index contributed by atoms with van der Waals surface area (Å²) < 4.78 is 40.3. The number of carbonyl (C=O) groups is 1. The highest BCUT2D eigenvalue weighted by atomic mass is 35.5. The van der Waals surface area contributed by atoms with Crippen LogP contribution in [0.1, 0.15) is 28.7 Å². The Morgan fingerprint density at radius 2 is 1.90 bits per heavy atom. The summed E-state index contributed by atoms with van der Waals surface area (Å²) in [7, 11) is -4.01. The topological polar surface area (TPSA) is 101 Å². The molecule has 29 heavy (non-hydrogen) atoms. The van der Waals surface area contributed by atoms with Gasteiger partial charge < -0.3 is 0 Å². The fourth-order valence-corrected chi connectivity index (χ4v) is 4.48. The third-order valence-corrected chi connectivity index (χ3v) is 6.36. The molecular formula is C18H16ClFN4O3S2. The van der Waals surface area contributed by atoms with E-state index in [1.165, 1.54) is 29.5 Å². The van der Waals surface area contributed by atoms with Gasteiger partial charge in [0.1, 0.15) is 10.8 Å². The molecule has 2 aromatic carbocycles. The van der Waals surface area contributed by atoms with Crippen LogP contribution >= 0.6 is 22.9 Å². The standard InChI is InChI=1S/C18H16ClFN4O3S2/c1-2-3-16-22-23-18(28-16)21-17(25)11-4-9-14(19)15(10-11)24-29(26,27)13-7-5-12(20)6-8-13/h4-10,24H,2-3H2,1H3,(H,21,23,25). The van der Waals surface area contributed by atoms with E-state index < -0.39 is 21.7 Å². The lowest BCUT2D eigenvalue weighted by molar-refractivity contribution is 0.102. The highest BCUT2D eigenvalue weighted by Gasteiger charge is 2.18. The summed E-state index contributed by atoms with van der Waals surface area (Å²) in [5.74, 6) is -1.04. The summed E-state index contributed by atoms with van der Waals surface area (Å²) in [6.07, 6.45) is 1.68. The fraction of sp³-hybridized carbons (Fsp3) is 0.167. The highest BCUT2D eigenvalue weighted by molar-refractivity contribution is 7.92. The lowest BCUT2D eigenvalue weighted by Crippen LogP contribution is -2.15. The van der Waals surface area contributed by atoms with Crippen LogP contribution in [0.4, 0.5) is 15.2 Å². The van der Waals surface area contributed by atoms with Gasteiger partial charge in [-0.15, -0.1) is 10.2 Å². The molecule has 152 valence electrons. The predicted molar refractivity (Wildman–Crippen MR) is 111 cm³/mol. The second kappa shape index (κ2) is 8.85. The van der Waals surface area contributed by atoms with Gasteiger partial charge in [-0.2, -0.15) is 0 Å². The third kappa shape index (κ3) is 5.28. The second-order valence-corrected chi connectivity index (χ2v) is 9.11. The SMILES string of the molecule is CCCc1nnc(NC(=O)c2ccc(Cl)c(NS(=O)(=O)c3ccc(F)cc3)c2)s1. The van der Waals surface area contributed by atoms with Crippen molar-refractivity contribution in [3.63, 3.8) is 0 Å². The van der Waals surface area contributed by atoms with E-state index in [-0.39, 0.29) is 21.2 Å². The number of rotatable bonds is 7. The van der Waals surface area contributed by atoms with E-state index in [0.717, 1.165) is 42.1 Å². The average Bonchev–Trinajstić information content (AvgIpc) is 3.11. The number of nitrogens with zero attached hydrogens (tertiary/aromatic N) is 2. The van der Waals surface area contributed by atoms with E-state index in [1.807, 2.05) is 6.92 Å². The predicted octanol–water partition coefficient (Wildman–Crippen LogP) is 4.34. The van der Waals surface area contributed by atoms with Crippen LogP contribution < -0.4 is 10.0 Å². The maximum Gasteiger partial charge on any atom is 0.261 e. The van der Waals surface area contributed by atoms with Crippen molar-refractivity contribution in [1.82, 2.24) is 10.2 Å².